The third-order valence-electron chi connectivity index (χ3n) is 2.37. The number of rotatable bonds is 3. The van der Waals surface area contributed by atoms with Crippen LogP contribution in [-0.2, 0) is 4.79 Å². The second kappa shape index (κ2) is 7.37. The minimum Gasteiger partial charge on any atom is -0.351 e. The van der Waals surface area contributed by atoms with Gasteiger partial charge in [-0.2, -0.15) is 11.8 Å². The summed E-state index contributed by atoms with van der Waals surface area (Å²) in [4.78, 5) is 11.5. The summed E-state index contributed by atoms with van der Waals surface area (Å²) in [5.41, 5.74) is 0. The van der Waals surface area contributed by atoms with Crippen LogP contribution >= 0.6 is 24.2 Å². The van der Waals surface area contributed by atoms with Crippen molar-refractivity contribution < 1.29 is 4.79 Å². The summed E-state index contributed by atoms with van der Waals surface area (Å²) < 4.78 is 0. The van der Waals surface area contributed by atoms with E-state index < -0.39 is 0 Å². The van der Waals surface area contributed by atoms with Crippen LogP contribution in [0.4, 0.5) is 0 Å². The SMILES string of the molecule is CSC(C)C(=O)N[C@H]1CCCNC1.Cl. The standard InChI is InChI=1S/C9H18N2OS.ClH/c1-7(13-2)9(12)11-8-4-3-5-10-6-8;/h7-8,10H,3-6H2,1-2H3,(H,11,12);1H/t7?,8-;/m0./s1. The van der Waals surface area contributed by atoms with Crippen molar-refractivity contribution in [1.82, 2.24) is 10.6 Å². The first kappa shape index (κ1) is 14.1. The molecule has 1 amide bonds. The molecule has 14 heavy (non-hydrogen) atoms. The Bertz CT molecular complexity index is 174. The van der Waals surface area contributed by atoms with Crippen LogP contribution in [0.2, 0.25) is 0 Å². The van der Waals surface area contributed by atoms with E-state index in [1.807, 2.05) is 13.2 Å². The van der Waals surface area contributed by atoms with E-state index in [1.165, 1.54) is 6.42 Å². The zero-order chi connectivity index (χ0) is 9.68. The van der Waals surface area contributed by atoms with Gasteiger partial charge in [-0.25, -0.2) is 0 Å². The number of halogens is 1. The minimum atomic E-state index is 0. The molecule has 1 heterocycles. The van der Waals surface area contributed by atoms with Crippen molar-refractivity contribution in [2.45, 2.75) is 31.1 Å². The van der Waals surface area contributed by atoms with Gasteiger partial charge in [0.25, 0.3) is 0 Å². The van der Waals surface area contributed by atoms with Gasteiger partial charge in [-0.1, -0.05) is 0 Å². The molecule has 0 spiro atoms. The van der Waals surface area contributed by atoms with Crippen LogP contribution in [0, 0.1) is 0 Å². The van der Waals surface area contributed by atoms with Crippen LogP contribution < -0.4 is 10.6 Å². The van der Waals surface area contributed by atoms with E-state index in [0.717, 1.165) is 19.5 Å². The van der Waals surface area contributed by atoms with E-state index in [9.17, 15) is 4.79 Å². The number of hydrogen-bond donors (Lipinski definition) is 2. The predicted octanol–water partition coefficient (Wildman–Crippen LogP) is 1.03. The first-order valence-electron chi connectivity index (χ1n) is 4.78. The molecule has 0 radical (unpaired) electrons. The summed E-state index contributed by atoms with van der Waals surface area (Å²) in [5, 5.41) is 6.39. The van der Waals surface area contributed by atoms with Gasteiger partial charge in [-0.3, -0.25) is 4.79 Å². The molecule has 2 N–H and O–H groups in total. The molecule has 3 nitrogen and oxygen atoms in total. The lowest BCUT2D eigenvalue weighted by Gasteiger charge is -2.24. The highest BCUT2D eigenvalue weighted by Crippen LogP contribution is 2.07. The largest absolute Gasteiger partial charge is 0.351 e. The average molecular weight is 239 g/mol. The Hall–Kier alpha value is 0.0700. The van der Waals surface area contributed by atoms with Crippen LogP contribution in [0.1, 0.15) is 19.8 Å². The Kier molecular flexibility index (Phi) is 7.41. The molecule has 0 aromatic rings. The van der Waals surface area contributed by atoms with Crippen molar-refractivity contribution in [1.29, 1.82) is 0 Å². The van der Waals surface area contributed by atoms with Crippen LogP contribution in [0.5, 0.6) is 0 Å². The lowest BCUT2D eigenvalue weighted by molar-refractivity contribution is -0.121. The highest BCUT2D eigenvalue weighted by molar-refractivity contribution is 7.99. The van der Waals surface area contributed by atoms with Gasteiger partial charge in [0.15, 0.2) is 0 Å². The van der Waals surface area contributed by atoms with E-state index in [4.69, 9.17) is 0 Å². The molecular formula is C9H19ClN2OS. The quantitative estimate of drug-likeness (QED) is 0.772. The fourth-order valence-corrected chi connectivity index (χ4v) is 1.68. The fourth-order valence-electron chi connectivity index (χ4n) is 1.40. The number of amides is 1. The summed E-state index contributed by atoms with van der Waals surface area (Å²) >= 11 is 1.59. The van der Waals surface area contributed by atoms with Crippen LogP contribution in [0.15, 0.2) is 0 Å². The van der Waals surface area contributed by atoms with Crippen LogP contribution in [0.3, 0.4) is 0 Å². The van der Waals surface area contributed by atoms with E-state index in [1.54, 1.807) is 11.8 Å². The Balaban J connectivity index is 0.00000169. The molecule has 1 rings (SSSR count). The molecule has 1 aliphatic heterocycles. The molecular weight excluding hydrogens is 220 g/mol. The smallest absolute Gasteiger partial charge is 0.233 e. The Morgan fingerprint density at radius 3 is 2.86 bits per heavy atom. The molecule has 0 aliphatic carbocycles. The van der Waals surface area contributed by atoms with E-state index in [-0.39, 0.29) is 23.6 Å². The highest BCUT2D eigenvalue weighted by atomic mass is 35.5. The van der Waals surface area contributed by atoms with Crippen molar-refractivity contribution in [2.24, 2.45) is 0 Å². The highest BCUT2D eigenvalue weighted by Gasteiger charge is 2.18. The summed E-state index contributed by atoms with van der Waals surface area (Å²) in [6.07, 6.45) is 4.24. The van der Waals surface area contributed by atoms with Gasteiger partial charge in [-0.15, -0.1) is 12.4 Å². The molecule has 1 aliphatic rings. The molecule has 5 heteroatoms. The number of hydrogen-bond acceptors (Lipinski definition) is 3. The van der Waals surface area contributed by atoms with Crippen LogP contribution in [-0.4, -0.2) is 36.5 Å². The summed E-state index contributed by atoms with van der Waals surface area (Å²) in [6, 6.07) is 0.343. The van der Waals surface area contributed by atoms with Gasteiger partial charge >= 0.3 is 0 Å². The van der Waals surface area contributed by atoms with Gasteiger partial charge in [-0.05, 0) is 32.6 Å². The second-order valence-corrected chi connectivity index (χ2v) is 4.61. The van der Waals surface area contributed by atoms with E-state index >= 15 is 0 Å². The average Bonchev–Trinajstić information content (AvgIpc) is 2.18. The third kappa shape index (κ3) is 4.53. The third-order valence-corrected chi connectivity index (χ3v) is 3.29. The first-order chi connectivity index (χ1) is 6.24. The maximum Gasteiger partial charge on any atom is 0.233 e. The lowest BCUT2D eigenvalue weighted by atomic mass is 10.1. The zero-order valence-electron chi connectivity index (χ0n) is 8.71. The number of carbonyl (C=O) groups is 1. The van der Waals surface area contributed by atoms with Gasteiger partial charge < -0.3 is 10.6 Å². The van der Waals surface area contributed by atoms with E-state index in [0.29, 0.717) is 6.04 Å². The Morgan fingerprint density at radius 2 is 2.36 bits per heavy atom. The van der Waals surface area contributed by atoms with Gasteiger partial charge in [0.2, 0.25) is 5.91 Å². The molecule has 1 unspecified atom stereocenters. The van der Waals surface area contributed by atoms with Crippen molar-refractivity contribution in [3.05, 3.63) is 0 Å². The molecule has 1 fully saturated rings. The maximum atomic E-state index is 11.5. The Labute approximate surface area is 96.2 Å². The minimum absolute atomic E-state index is 0. The van der Waals surface area contributed by atoms with Crippen LogP contribution in [0.25, 0.3) is 0 Å². The molecule has 0 bridgehead atoms. The molecule has 1 saturated heterocycles. The molecule has 0 saturated carbocycles. The normalized spacial score (nSPS) is 23.4. The van der Waals surface area contributed by atoms with E-state index in [2.05, 4.69) is 10.6 Å². The maximum absolute atomic E-state index is 11.5. The van der Waals surface area contributed by atoms with Gasteiger partial charge in [0.05, 0.1) is 5.25 Å². The number of carbonyl (C=O) groups excluding carboxylic acids is 1. The number of thioether (sulfide) groups is 1. The monoisotopic (exact) mass is 238 g/mol. The fraction of sp³-hybridized carbons (Fsp3) is 0.889. The number of nitrogens with one attached hydrogen (secondary N) is 2. The molecule has 0 aromatic carbocycles. The summed E-state index contributed by atoms with van der Waals surface area (Å²) in [6.45, 7) is 3.95. The predicted molar refractivity (Wildman–Crippen MR) is 64.3 cm³/mol. The molecule has 2 atom stereocenters. The second-order valence-electron chi connectivity index (χ2n) is 3.43. The van der Waals surface area contributed by atoms with Crippen molar-refractivity contribution in [3.63, 3.8) is 0 Å². The van der Waals surface area contributed by atoms with Gasteiger partial charge in [0, 0.05) is 12.6 Å². The van der Waals surface area contributed by atoms with Crippen molar-refractivity contribution in [3.8, 4) is 0 Å². The first-order valence-corrected chi connectivity index (χ1v) is 6.06. The van der Waals surface area contributed by atoms with Crippen molar-refractivity contribution in [2.75, 3.05) is 19.3 Å². The summed E-state index contributed by atoms with van der Waals surface area (Å²) in [5.74, 6) is 0.168. The number of piperidine rings is 1. The lowest BCUT2D eigenvalue weighted by Crippen LogP contribution is -2.47. The molecule has 84 valence electrons. The Morgan fingerprint density at radius 1 is 1.64 bits per heavy atom. The molecule has 0 aromatic heterocycles. The van der Waals surface area contributed by atoms with Gasteiger partial charge in [0.1, 0.15) is 0 Å². The zero-order valence-corrected chi connectivity index (χ0v) is 10.3. The van der Waals surface area contributed by atoms with Crippen molar-refractivity contribution >= 4 is 30.1 Å². The summed E-state index contributed by atoms with van der Waals surface area (Å²) in [7, 11) is 0. The topological polar surface area (TPSA) is 41.1 Å².